The molecule has 24 heavy (non-hydrogen) atoms. The van der Waals surface area contributed by atoms with E-state index in [0.717, 1.165) is 37.8 Å². The van der Waals surface area contributed by atoms with Gasteiger partial charge < -0.3 is 9.47 Å². The summed E-state index contributed by atoms with van der Waals surface area (Å²) >= 11 is 11.7. The molecule has 0 bridgehead atoms. The van der Waals surface area contributed by atoms with E-state index in [1.54, 1.807) is 12.1 Å². The first-order chi connectivity index (χ1) is 11.5. The smallest absolute Gasteiger partial charge is 0.336 e. The molecule has 0 aliphatic rings. The summed E-state index contributed by atoms with van der Waals surface area (Å²) < 4.78 is 10.2. The monoisotopic (exact) mass is 372 g/mol. The van der Waals surface area contributed by atoms with Crippen LogP contribution in [0, 0.1) is 5.92 Å². The molecule has 0 aliphatic heterocycles. The molecule has 0 saturated heterocycles. The van der Waals surface area contributed by atoms with Crippen LogP contribution in [-0.2, 0) is 14.3 Å². The van der Waals surface area contributed by atoms with E-state index in [2.05, 4.69) is 13.8 Å². The lowest BCUT2D eigenvalue weighted by Crippen LogP contribution is -2.13. The third-order valence-corrected chi connectivity index (χ3v) is 4.29. The first kappa shape index (κ1) is 20.5. The van der Waals surface area contributed by atoms with E-state index in [-0.39, 0.29) is 15.8 Å². The Morgan fingerprint density at radius 2 is 1.88 bits per heavy atom. The first-order valence-electron chi connectivity index (χ1n) is 7.98. The summed E-state index contributed by atoms with van der Waals surface area (Å²) in [5.74, 6) is -0.814. The normalized spacial score (nSPS) is 12.2. The maximum Gasteiger partial charge on any atom is 0.336 e. The third kappa shape index (κ3) is 7.37. The fourth-order valence-electron chi connectivity index (χ4n) is 1.99. The summed E-state index contributed by atoms with van der Waals surface area (Å²) in [7, 11) is 0. The molecule has 0 spiro atoms. The van der Waals surface area contributed by atoms with Gasteiger partial charge in [-0.1, -0.05) is 62.4 Å². The number of halogens is 2. The molecule has 4 nitrogen and oxygen atoms in total. The van der Waals surface area contributed by atoms with Gasteiger partial charge >= 0.3 is 11.9 Å². The van der Waals surface area contributed by atoms with E-state index in [0.29, 0.717) is 12.5 Å². The molecule has 0 heterocycles. The maximum atomic E-state index is 11.7. The van der Waals surface area contributed by atoms with E-state index in [9.17, 15) is 9.59 Å². The van der Waals surface area contributed by atoms with E-state index in [1.165, 1.54) is 6.07 Å². The Balaban J connectivity index is 2.45. The minimum atomic E-state index is -0.728. The van der Waals surface area contributed by atoms with Crippen molar-refractivity contribution in [1.82, 2.24) is 0 Å². The van der Waals surface area contributed by atoms with Crippen LogP contribution in [0.15, 0.2) is 30.4 Å². The summed E-state index contributed by atoms with van der Waals surface area (Å²) in [4.78, 5) is 23.3. The quantitative estimate of drug-likeness (QED) is 0.339. The average Bonchev–Trinajstić information content (AvgIpc) is 2.57. The van der Waals surface area contributed by atoms with Crippen molar-refractivity contribution in [2.45, 2.75) is 39.5 Å². The second kappa shape index (κ2) is 11.1. The van der Waals surface area contributed by atoms with Gasteiger partial charge in [-0.3, -0.25) is 0 Å². The molecule has 0 fully saturated rings. The predicted molar refractivity (Wildman–Crippen MR) is 95.5 cm³/mol. The predicted octanol–water partition coefficient (Wildman–Crippen LogP) is 5.21. The Morgan fingerprint density at radius 1 is 1.17 bits per heavy atom. The average molecular weight is 373 g/mol. The molecule has 1 rings (SSSR count). The highest BCUT2D eigenvalue weighted by molar-refractivity contribution is 6.43. The Hall–Kier alpha value is -1.52. The van der Waals surface area contributed by atoms with Crippen molar-refractivity contribution in [1.29, 1.82) is 0 Å². The standard InChI is InChI=1S/C18H22Cl2O4/c1-3-5-7-13(4-2)12-23-16(21)10-11-17(22)24-15-9-6-8-14(19)18(15)20/h6,8-11,13H,3-5,7,12H2,1-2H3/b11-10+. The van der Waals surface area contributed by atoms with Gasteiger partial charge in [0.25, 0.3) is 0 Å². The van der Waals surface area contributed by atoms with Crippen LogP contribution in [0.1, 0.15) is 39.5 Å². The van der Waals surface area contributed by atoms with Crippen LogP contribution in [0.4, 0.5) is 0 Å². The molecule has 0 amide bonds. The highest BCUT2D eigenvalue weighted by Crippen LogP contribution is 2.31. The van der Waals surface area contributed by atoms with Crippen LogP contribution >= 0.6 is 23.2 Å². The second-order valence-corrected chi connectivity index (χ2v) is 6.14. The zero-order chi connectivity index (χ0) is 17.9. The van der Waals surface area contributed by atoms with Gasteiger partial charge in [0.05, 0.1) is 11.6 Å². The number of carbonyl (C=O) groups is 2. The molecule has 0 N–H and O–H groups in total. The van der Waals surface area contributed by atoms with Crippen molar-refractivity contribution in [3.05, 3.63) is 40.4 Å². The Morgan fingerprint density at radius 3 is 2.54 bits per heavy atom. The summed E-state index contributed by atoms with van der Waals surface area (Å²) in [6, 6.07) is 4.70. The Kier molecular flexibility index (Phi) is 9.50. The minimum Gasteiger partial charge on any atom is -0.462 e. The Labute approximate surface area is 152 Å². The molecule has 0 radical (unpaired) electrons. The number of hydrogen-bond acceptors (Lipinski definition) is 4. The molecule has 1 aromatic carbocycles. The summed E-state index contributed by atoms with van der Waals surface area (Å²) in [6.45, 7) is 4.55. The molecule has 0 saturated carbocycles. The van der Waals surface area contributed by atoms with Crippen LogP contribution in [0.25, 0.3) is 0 Å². The van der Waals surface area contributed by atoms with Gasteiger partial charge in [0, 0.05) is 12.2 Å². The maximum absolute atomic E-state index is 11.7. The number of carbonyl (C=O) groups excluding carboxylic acids is 2. The minimum absolute atomic E-state index is 0.137. The Bertz CT molecular complexity index is 584. The highest BCUT2D eigenvalue weighted by atomic mass is 35.5. The largest absolute Gasteiger partial charge is 0.462 e. The van der Waals surface area contributed by atoms with Crippen LogP contribution in [-0.4, -0.2) is 18.5 Å². The SMILES string of the molecule is CCCCC(CC)COC(=O)/C=C/C(=O)Oc1cccc(Cl)c1Cl. The van der Waals surface area contributed by atoms with E-state index >= 15 is 0 Å². The van der Waals surface area contributed by atoms with Crippen molar-refractivity contribution in [2.24, 2.45) is 5.92 Å². The zero-order valence-corrected chi connectivity index (χ0v) is 15.4. The van der Waals surface area contributed by atoms with E-state index in [4.69, 9.17) is 32.7 Å². The van der Waals surface area contributed by atoms with Gasteiger partial charge in [-0.25, -0.2) is 9.59 Å². The van der Waals surface area contributed by atoms with Crippen molar-refractivity contribution >= 4 is 35.1 Å². The number of unbranched alkanes of at least 4 members (excludes halogenated alkanes) is 1. The lowest BCUT2D eigenvalue weighted by molar-refractivity contribution is -0.139. The van der Waals surface area contributed by atoms with Gasteiger partial charge in [0.15, 0.2) is 5.75 Å². The molecule has 1 atom stereocenters. The fraction of sp³-hybridized carbons (Fsp3) is 0.444. The number of esters is 2. The van der Waals surface area contributed by atoms with Crippen LogP contribution in [0.2, 0.25) is 10.0 Å². The van der Waals surface area contributed by atoms with Crippen LogP contribution < -0.4 is 4.74 Å². The number of hydrogen-bond donors (Lipinski definition) is 0. The molecule has 6 heteroatoms. The molecule has 0 aromatic heterocycles. The summed E-state index contributed by atoms with van der Waals surface area (Å²) in [5, 5.41) is 0.424. The molecule has 1 aromatic rings. The topological polar surface area (TPSA) is 52.6 Å². The summed E-state index contributed by atoms with van der Waals surface area (Å²) in [6.07, 6.45) is 6.26. The van der Waals surface area contributed by atoms with Gasteiger partial charge in [-0.05, 0) is 24.5 Å². The molecule has 1 unspecified atom stereocenters. The highest BCUT2D eigenvalue weighted by Gasteiger charge is 2.11. The van der Waals surface area contributed by atoms with Crippen molar-refractivity contribution in [2.75, 3.05) is 6.61 Å². The van der Waals surface area contributed by atoms with Crippen LogP contribution in [0.5, 0.6) is 5.75 Å². The lowest BCUT2D eigenvalue weighted by atomic mass is 10.0. The fourth-order valence-corrected chi connectivity index (χ4v) is 2.32. The van der Waals surface area contributed by atoms with Crippen molar-refractivity contribution < 1.29 is 19.1 Å². The van der Waals surface area contributed by atoms with E-state index in [1.807, 2.05) is 0 Å². The molecule has 0 aliphatic carbocycles. The zero-order valence-electron chi connectivity index (χ0n) is 13.9. The van der Waals surface area contributed by atoms with E-state index < -0.39 is 11.9 Å². The van der Waals surface area contributed by atoms with Crippen molar-refractivity contribution in [3.8, 4) is 5.75 Å². The van der Waals surface area contributed by atoms with Crippen LogP contribution in [0.3, 0.4) is 0 Å². The summed E-state index contributed by atoms with van der Waals surface area (Å²) in [5.41, 5.74) is 0. The molecule has 132 valence electrons. The second-order valence-electron chi connectivity index (χ2n) is 5.35. The number of ether oxygens (including phenoxy) is 2. The van der Waals surface area contributed by atoms with Gasteiger partial charge in [-0.2, -0.15) is 0 Å². The first-order valence-corrected chi connectivity index (χ1v) is 8.74. The van der Waals surface area contributed by atoms with Gasteiger partial charge in [-0.15, -0.1) is 0 Å². The molecular weight excluding hydrogens is 351 g/mol. The number of benzene rings is 1. The molecular formula is C18H22Cl2O4. The van der Waals surface area contributed by atoms with Gasteiger partial charge in [0.1, 0.15) is 5.02 Å². The number of rotatable bonds is 9. The van der Waals surface area contributed by atoms with Crippen molar-refractivity contribution in [3.63, 3.8) is 0 Å². The van der Waals surface area contributed by atoms with Gasteiger partial charge in [0.2, 0.25) is 0 Å². The third-order valence-electron chi connectivity index (χ3n) is 3.49. The lowest BCUT2D eigenvalue weighted by Gasteiger charge is -2.13.